The summed E-state index contributed by atoms with van der Waals surface area (Å²) in [4.78, 5) is 9.41. The van der Waals surface area contributed by atoms with E-state index >= 15 is 0 Å². The van der Waals surface area contributed by atoms with E-state index in [4.69, 9.17) is 4.98 Å². The minimum absolute atomic E-state index is 0.381. The molecular weight excluding hydrogens is 326 g/mol. The van der Waals surface area contributed by atoms with Crippen molar-refractivity contribution in [2.75, 3.05) is 6.26 Å². The minimum Gasteiger partial charge on any atom is -0.249 e. The van der Waals surface area contributed by atoms with Crippen molar-refractivity contribution in [3.8, 4) is 0 Å². The number of hydrogen-bond acceptors (Lipinski definition) is 4. The molecular formula is C17H23N3OS2. The molecule has 0 saturated heterocycles. The van der Waals surface area contributed by atoms with Crippen LogP contribution in [0.5, 0.6) is 0 Å². The van der Waals surface area contributed by atoms with Crippen LogP contribution < -0.4 is 0 Å². The van der Waals surface area contributed by atoms with Crippen LogP contribution in [0.1, 0.15) is 44.5 Å². The van der Waals surface area contributed by atoms with E-state index in [1.54, 1.807) is 11.8 Å². The number of nitrogens with zero attached hydrogens (tertiary/aromatic N) is 3. The van der Waals surface area contributed by atoms with Gasteiger partial charge in [0.05, 0.1) is 27.2 Å². The Balaban J connectivity index is 2.68. The molecule has 0 aliphatic carbocycles. The first-order valence-corrected chi connectivity index (χ1v) is 9.77. The Hall–Kier alpha value is -1.27. The fraction of sp³-hybridized carbons (Fsp3) is 0.471. The monoisotopic (exact) mass is 349 g/mol. The van der Waals surface area contributed by atoms with E-state index in [-0.39, 0.29) is 4.75 Å². The summed E-state index contributed by atoms with van der Waals surface area (Å²) in [6.45, 7) is 11.6. The lowest BCUT2D eigenvalue weighted by Crippen LogP contribution is -2.20. The summed E-state index contributed by atoms with van der Waals surface area (Å²) in [5.41, 5.74) is 5.32. The van der Waals surface area contributed by atoms with Gasteiger partial charge in [-0.25, -0.2) is 14.2 Å². The van der Waals surface area contributed by atoms with Gasteiger partial charge in [0.25, 0.3) is 0 Å². The molecule has 1 aromatic heterocycles. The second-order valence-corrected chi connectivity index (χ2v) is 9.24. The predicted octanol–water partition coefficient (Wildman–Crippen LogP) is 4.24. The highest BCUT2D eigenvalue weighted by atomic mass is 32.2. The summed E-state index contributed by atoms with van der Waals surface area (Å²) in [5, 5.41) is 0.910. The van der Waals surface area contributed by atoms with Crippen molar-refractivity contribution < 1.29 is 4.21 Å². The number of aromatic nitrogens is 2. The van der Waals surface area contributed by atoms with E-state index in [2.05, 4.69) is 9.38 Å². The molecule has 124 valence electrons. The molecule has 2 rings (SSSR count). The topological polar surface area (TPSA) is 55.2 Å². The largest absolute Gasteiger partial charge is 0.249 e. The van der Waals surface area contributed by atoms with Gasteiger partial charge >= 0.3 is 0 Å². The molecule has 0 bridgehead atoms. The average molecular weight is 350 g/mol. The zero-order chi connectivity index (χ0) is 17.4. The molecule has 23 heavy (non-hydrogen) atoms. The molecule has 0 unspecified atom stereocenters. The van der Waals surface area contributed by atoms with Crippen molar-refractivity contribution in [3.05, 3.63) is 29.0 Å². The lowest BCUT2D eigenvalue weighted by molar-refractivity contribution is 0.650. The molecule has 0 amide bonds. The van der Waals surface area contributed by atoms with Gasteiger partial charge < -0.3 is 0 Å². The van der Waals surface area contributed by atoms with Gasteiger partial charge in [0.15, 0.2) is 0 Å². The van der Waals surface area contributed by atoms with Gasteiger partial charge in [-0.15, -0.1) is 11.8 Å². The van der Waals surface area contributed by atoms with E-state index in [1.807, 2.05) is 59.9 Å². The maximum Gasteiger partial charge on any atom is 0.145 e. The average Bonchev–Trinajstić information content (AvgIpc) is 2.44. The summed E-state index contributed by atoms with van der Waals surface area (Å²) in [5.74, 6) is 0. The highest BCUT2D eigenvalue weighted by Crippen LogP contribution is 2.25. The molecule has 0 saturated carbocycles. The maximum atomic E-state index is 12.3. The standard InChI is InChI=1S/C17H23N3OS2/c1-10-8-13(11(2)20-23(21)17(4,5)6)15-14(9-10)18-12(3)16(19-15)22-7/h8-9H,1-7H3/t23-/m1/s1. The Bertz CT molecular complexity index is 808. The molecule has 1 heterocycles. The summed E-state index contributed by atoms with van der Waals surface area (Å²) in [6.07, 6.45) is 1.99. The normalized spacial score (nSPS) is 14.3. The van der Waals surface area contributed by atoms with Crippen molar-refractivity contribution in [1.82, 2.24) is 9.97 Å². The van der Waals surface area contributed by atoms with Gasteiger partial charge in [-0.2, -0.15) is 4.40 Å². The zero-order valence-electron chi connectivity index (χ0n) is 14.7. The van der Waals surface area contributed by atoms with Crippen molar-refractivity contribution in [1.29, 1.82) is 0 Å². The van der Waals surface area contributed by atoms with Gasteiger partial charge in [-0.05, 0) is 65.5 Å². The number of thioether (sulfide) groups is 1. The summed E-state index contributed by atoms with van der Waals surface area (Å²) in [6, 6.07) is 4.06. The van der Waals surface area contributed by atoms with Crippen LogP contribution in [0.25, 0.3) is 11.0 Å². The third-order valence-corrected chi connectivity index (χ3v) is 5.63. The minimum atomic E-state index is -1.29. The number of fused-ring (bicyclic) bond motifs is 1. The Labute approximate surface area is 144 Å². The van der Waals surface area contributed by atoms with Crippen LogP contribution in [0.2, 0.25) is 0 Å². The van der Waals surface area contributed by atoms with E-state index in [1.165, 1.54) is 0 Å². The Morgan fingerprint density at radius 3 is 2.43 bits per heavy atom. The molecule has 2 aromatic rings. The smallest absolute Gasteiger partial charge is 0.145 e. The maximum absolute atomic E-state index is 12.3. The van der Waals surface area contributed by atoms with Crippen LogP contribution in [0.4, 0.5) is 0 Å². The summed E-state index contributed by atoms with van der Waals surface area (Å²) >= 11 is 1.58. The highest BCUT2D eigenvalue weighted by molar-refractivity contribution is 7.98. The van der Waals surface area contributed by atoms with E-state index in [0.717, 1.165) is 38.6 Å². The summed E-state index contributed by atoms with van der Waals surface area (Å²) in [7, 11) is -1.29. The van der Waals surface area contributed by atoms with Gasteiger partial charge in [0.2, 0.25) is 0 Å². The molecule has 4 nitrogen and oxygen atoms in total. The molecule has 0 N–H and O–H groups in total. The van der Waals surface area contributed by atoms with Crippen molar-refractivity contribution in [2.24, 2.45) is 4.40 Å². The predicted molar refractivity (Wildman–Crippen MR) is 101 cm³/mol. The SMILES string of the molecule is CSc1nc2c(C(C)=N[S@](=O)C(C)(C)C)cc(C)cc2nc1C. The van der Waals surface area contributed by atoms with Crippen LogP contribution in [0.15, 0.2) is 21.6 Å². The van der Waals surface area contributed by atoms with Crippen molar-refractivity contribution in [2.45, 2.75) is 51.3 Å². The van der Waals surface area contributed by atoms with E-state index in [9.17, 15) is 4.21 Å². The first kappa shape index (κ1) is 18.1. The number of hydrogen-bond donors (Lipinski definition) is 0. The van der Waals surface area contributed by atoms with Crippen LogP contribution >= 0.6 is 11.8 Å². The molecule has 0 radical (unpaired) electrons. The fourth-order valence-electron chi connectivity index (χ4n) is 2.15. The van der Waals surface area contributed by atoms with Crippen molar-refractivity contribution in [3.63, 3.8) is 0 Å². The molecule has 1 atom stereocenters. The van der Waals surface area contributed by atoms with Gasteiger partial charge in [0.1, 0.15) is 16.0 Å². The van der Waals surface area contributed by atoms with Crippen LogP contribution in [0, 0.1) is 13.8 Å². The molecule has 0 aliphatic heterocycles. The summed E-state index contributed by atoms with van der Waals surface area (Å²) < 4.78 is 16.4. The van der Waals surface area contributed by atoms with E-state index in [0.29, 0.717) is 0 Å². The van der Waals surface area contributed by atoms with Gasteiger partial charge in [-0.3, -0.25) is 0 Å². The Morgan fingerprint density at radius 1 is 1.22 bits per heavy atom. The lowest BCUT2D eigenvalue weighted by atomic mass is 10.1. The van der Waals surface area contributed by atoms with Crippen LogP contribution in [-0.2, 0) is 11.0 Å². The van der Waals surface area contributed by atoms with Crippen molar-refractivity contribution >= 4 is 39.5 Å². The third kappa shape index (κ3) is 3.98. The lowest BCUT2D eigenvalue weighted by Gasteiger charge is -2.15. The Kier molecular flexibility index (Phi) is 5.26. The van der Waals surface area contributed by atoms with Gasteiger partial charge in [-0.1, -0.05) is 0 Å². The molecule has 0 fully saturated rings. The molecule has 1 aromatic carbocycles. The van der Waals surface area contributed by atoms with E-state index < -0.39 is 11.0 Å². The molecule has 6 heteroatoms. The Morgan fingerprint density at radius 2 is 1.87 bits per heavy atom. The highest BCUT2D eigenvalue weighted by Gasteiger charge is 2.20. The second kappa shape index (κ2) is 6.69. The van der Waals surface area contributed by atoms with Crippen LogP contribution in [0.3, 0.4) is 0 Å². The third-order valence-electron chi connectivity index (χ3n) is 3.37. The molecule has 0 spiro atoms. The fourth-order valence-corrected chi connectivity index (χ4v) is 3.30. The van der Waals surface area contributed by atoms with Crippen LogP contribution in [-0.4, -0.2) is 30.9 Å². The molecule has 0 aliphatic rings. The number of rotatable bonds is 3. The zero-order valence-corrected chi connectivity index (χ0v) is 16.4. The quantitative estimate of drug-likeness (QED) is 0.614. The number of benzene rings is 1. The first-order chi connectivity index (χ1) is 10.6. The first-order valence-electron chi connectivity index (χ1n) is 7.44. The van der Waals surface area contributed by atoms with Gasteiger partial charge in [0, 0.05) is 5.56 Å². The second-order valence-electron chi connectivity index (χ2n) is 6.54. The number of aryl methyl sites for hydroxylation is 2.